The molecule has 0 radical (unpaired) electrons. The zero-order valence-corrected chi connectivity index (χ0v) is 15.3. The van der Waals surface area contributed by atoms with Gasteiger partial charge in [0.2, 0.25) is 5.91 Å². The molecule has 5 heteroatoms. The first-order valence-corrected chi connectivity index (χ1v) is 9.43. The number of likely N-dealkylation sites (tertiary alicyclic amines) is 1. The van der Waals surface area contributed by atoms with E-state index in [4.69, 9.17) is 5.73 Å². The van der Waals surface area contributed by atoms with Crippen LogP contribution >= 0.6 is 0 Å². The van der Waals surface area contributed by atoms with Crippen molar-refractivity contribution < 1.29 is 9.59 Å². The molecule has 3 amide bonds. The molecule has 1 fully saturated rings. The number of hydrogen-bond donors (Lipinski definition) is 2. The first-order chi connectivity index (χ1) is 12.0. The van der Waals surface area contributed by atoms with Crippen molar-refractivity contribution in [2.45, 2.75) is 57.9 Å². The predicted molar refractivity (Wildman–Crippen MR) is 98.2 cm³/mol. The van der Waals surface area contributed by atoms with Crippen LogP contribution < -0.4 is 11.1 Å². The Morgan fingerprint density at radius 2 is 1.92 bits per heavy atom. The first kappa shape index (κ1) is 17.8. The lowest BCUT2D eigenvalue weighted by Gasteiger charge is -2.32. The van der Waals surface area contributed by atoms with Gasteiger partial charge in [0.05, 0.1) is 6.04 Å². The van der Waals surface area contributed by atoms with Gasteiger partial charge in [-0.3, -0.25) is 4.79 Å². The van der Waals surface area contributed by atoms with Crippen molar-refractivity contribution in [3.63, 3.8) is 0 Å². The molecule has 1 heterocycles. The van der Waals surface area contributed by atoms with Gasteiger partial charge in [-0.1, -0.05) is 32.0 Å². The number of nitrogens with zero attached hydrogens (tertiary/aromatic N) is 1. The zero-order chi connectivity index (χ0) is 18.0. The molecule has 25 heavy (non-hydrogen) atoms. The third-order valence-electron chi connectivity index (χ3n) is 5.64. The van der Waals surface area contributed by atoms with Gasteiger partial charge in [0.15, 0.2) is 0 Å². The summed E-state index contributed by atoms with van der Waals surface area (Å²) < 4.78 is 0. The van der Waals surface area contributed by atoms with Crippen molar-refractivity contribution in [2.24, 2.45) is 11.7 Å². The average molecular weight is 343 g/mol. The van der Waals surface area contributed by atoms with E-state index < -0.39 is 0 Å². The van der Waals surface area contributed by atoms with E-state index in [1.165, 1.54) is 16.7 Å². The molecule has 3 N–H and O–H groups in total. The molecule has 1 aromatic rings. The van der Waals surface area contributed by atoms with E-state index in [0.29, 0.717) is 31.8 Å². The summed E-state index contributed by atoms with van der Waals surface area (Å²) in [6, 6.07) is 6.45. The van der Waals surface area contributed by atoms with Crippen LogP contribution in [0.2, 0.25) is 0 Å². The Balaban J connectivity index is 1.67. The summed E-state index contributed by atoms with van der Waals surface area (Å²) in [7, 11) is 0. The molecule has 2 aliphatic rings. The molecule has 136 valence electrons. The fraction of sp³-hybridized carbons (Fsp3) is 0.600. The number of rotatable bonds is 3. The lowest BCUT2D eigenvalue weighted by atomic mass is 9.84. The molecule has 1 aliphatic heterocycles. The maximum Gasteiger partial charge on any atom is 0.314 e. The molecular weight excluding hydrogens is 314 g/mol. The van der Waals surface area contributed by atoms with Crippen molar-refractivity contribution in [3.05, 3.63) is 34.9 Å². The maximum absolute atomic E-state index is 12.7. The van der Waals surface area contributed by atoms with Gasteiger partial charge in [0.25, 0.3) is 0 Å². The summed E-state index contributed by atoms with van der Waals surface area (Å²) in [4.78, 5) is 25.6. The standard InChI is InChI=1S/C20H29N3O2/c1-13(2)16-7-6-14-4-3-5-18(17(14)12-16)22-19(24)15-8-10-23(11-9-15)20(21)25/h6-7,12-13,15,18H,3-5,8-11H2,1-2H3,(H2,21,25)(H,22,24)/t18-/m1/s1. The highest BCUT2D eigenvalue weighted by Gasteiger charge is 2.29. The van der Waals surface area contributed by atoms with E-state index in [1.54, 1.807) is 4.90 Å². The quantitative estimate of drug-likeness (QED) is 0.885. The van der Waals surface area contributed by atoms with E-state index in [-0.39, 0.29) is 23.9 Å². The number of benzene rings is 1. The monoisotopic (exact) mass is 343 g/mol. The first-order valence-electron chi connectivity index (χ1n) is 9.43. The van der Waals surface area contributed by atoms with E-state index in [1.807, 2.05) is 0 Å². The van der Waals surface area contributed by atoms with Gasteiger partial charge >= 0.3 is 6.03 Å². The Bertz CT molecular complexity index is 648. The highest BCUT2D eigenvalue weighted by Crippen LogP contribution is 2.32. The van der Waals surface area contributed by atoms with Gasteiger partial charge in [0.1, 0.15) is 0 Å². The lowest BCUT2D eigenvalue weighted by Crippen LogP contribution is -2.45. The molecule has 5 nitrogen and oxygen atoms in total. The minimum Gasteiger partial charge on any atom is -0.351 e. The fourth-order valence-corrected chi connectivity index (χ4v) is 3.98. The molecule has 0 spiro atoms. The number of hydrogen-bond acceptors (Lipinski definition) is 2. The fourth-order valence-electron chi connectivity index (χ4n) is 3.98. The molecule has 0 saturated carbocycles. The second-order valence-corrected chi connectivity index (χ2v) is 7.67. The third-order valence-corrected chi connectivity index (χ3v) is 5.64. The number of primary amides is 1. The lowest BCUT2D eigenvalue weighted by molar-refractivity contribution is -0.127. The van der Waals surface area contributed by atoms with Crippen LogP contribution in [-0.4, -0.2) is 29.9 Å². The van der Waals surface area contributed by atoms with Crippen molar-refractivity contribution in [1.29, 1.82) is 0 Å². The van der Waals surface area contributed by atoms with Crippen LogP contribution in [0.15, 0.2) is 18.2 Å². The summed E-state index contributed by atoms with van der Waals surface area (Å²) >= 11 is 0. The van der Waals surface area contributed by atoms with Crippen LogP contribution in [-0.2, 0) is 11.2 Å². The molecule has 1 atom stereocenters. The van der Waals surface area contributed by atoms with Crippen molar-refractivity contribution >= 4 is 11.9 Å². The van der Waals surface area contributed by atoms with Crippen LogP contribution in [0, 0.1) is 5.92 Å². The van der Waals surface area contributed by atoms with E-state index in [2.05, 4.69) is 37.4 Å². The zero-order valence-electron chi connectivity index (χ0n) is 15.3. The van der Waals surface area contributed by atoms with E-state index in [0.717, 1.165) is 19.3 Å². The van der Waals surface area contributed by atoms with Gasteiger partial charge in [-0.05, 0) is 54.7 Å². The second-order valence-electron chi connectivity index (χ2n) is 7.67. The molecule has 0 bridgehead atoms. The maximum atomic E-state index is 12.7. The Kier molecular flexibility index (Phi) is 5.30. The van der Waals surface area contributed by atoms with Crippen molar-refractivity contribution in [3.8, 4) is 0 Å². The molecule has 0 aromatic heterocycles. The van der Waals surface area contributed by atoms with E-state index >= 15 is 0 Å². The van der Waals surface area contributed by atoms with Crippen molar-refractivity contribution in [1.82, 2.24) is 10.2 Å². The normalized spacial score (nSPS) is 21.1. The summed E-state index contributed by atoms with van der Waals surface area (Å²) in [5.41, 5.74) is 9.30. The van der Waals surface area contributed by atoms with Crippen LogP contribution in [0.4, 0.5) is 4.79 Å². The smallest absolute Gasteiger partial charge is 0.314 e. The molecule has 3 rings (SSSR count). The van der Waals surface area contributed by atoms with Gasteiger partial charge in [-0.15, -0.1) is 0 Å². The van der Waals surface area contributed by atoms with Crippen LogP contribution in [0.3, 0.4) is 0 Å². The SMILES string of the molecule is CC(C)c1ccc2c(c1)[C@H](NC(=O)C1CCN(C(N)=O)CC1)CCC2. The number of nitrogens with one attached hydrogen (secondary N) is 1. The molecular formula is C20H29N3O2. The van der Waals surface area contributed by atoms with Crippen LogP contribution in [0.1, 0.15) is 68.2 Å². The minimum absolute atomic E-state index is 0.0192. The minimum atomic E-state index is -0.388. The molecule has 1 aromatic carbocycles. The summed E-state index contributed by atoms with van der Waals surface area (Å²) in [5.74, 6) is 0.591. The Morgan fingerprint density at radius 1 is 1.20 bits per heavy atom. The highest BCUT2D eigenvalue weighted by molar-refractivity contribution is 5.80. The average Bonchev–Trinajstić information content (AvgIpc) is 2.61. The number of carbonyl (C=O) groups is 2. The third kappa shape index (κ3) is 3.97. The van der Waals surface area contributed by atoms with Gasteiger partial charge in [0, 0.05) is 19.0 Å². The number of urea groups is 1. The number of carbonyl (C=O) groups excluding carboxylic acids is 2. The summed E-state index contributed by atoms with van der Waals surface area (Å²) in [6.07, 6.45) is 4.59. The highest BCUT2D eigenvalue weighted by atomic mass is 16.2. The van der Waals surface area contributed by atoms with Gasteiger partial charge < -0.3 is 16.0 Å². The predicted octanol–water partition coefficient (Wildman–Crippen LogP) is 3.09. The van der Waals surface area contributed by atoms with Crippen molar-refractivity contribution in [2.75, 3.05) is 13.1 Å². The Morgan fingerprint density at radius 3 is 2.56 bits per heavy atom. The van der Waals surface area contributed by atoms with E-state index in [9.17, 15) is 9.59 Å². The number of nitrogens with two attached hydrogens (primary N) is 1. The molecule has 0 unspecified atom stereocenters. The summed E-state index contributed by atoms with van der Waals surface area (Å²) in [5, 5.41) is 3.28. The summed E-state index contributed by atoms with van der Waals surface area (Å²) in [6.45, 7) is 5.55. The number of amides is 3. The van der Waals surface area contributed by atoms with Crippen LogP contribution in [0.5, 0.6) is 0 Å². The topological polar surface area (TPSA) is 75.4 Å². The number of fused-ring (bicyclic) bond motifs is 1. The molecule has 1 saturated heterocycles. The largest absolute Gasteiger partial charge is 0.351 e. The number of piperidine rings is 1. The molecule has 1 aliphatic carbocycles. The van der Waals surface area contributed by atoms with Gasteiger partial charge in [-0.2, -0.15) is 0 Å². The Hall–Kier alpha value is -2.04. The van der Waals surface area contributed by atoms with Gasteiger partial charge in [-0.25, -0.2) is 4.79 Å². The van der Waals surface area contributed by atoms with Crippen LogP contribution in [0.25, 0.3) is 0 Å². The number of aryl methyl sites for hydroxylation is 1. The Labute approximate surface area is 150 Å². The second kappa shape index (κ2) is 7.46.